The van der Waals surface area contributed by atoms with E-state index in [4.69, 9.17) is 11.1 Å². The van der Waals surface area contributed by atoms with Crippen LogP contribution in [-0.4, -0.2) is 14.9 Å². The SMILES string of the molecule is N#Cc1ccc(Br)cc1Nc1ncnc(NN)c1[N+](=O)[O-]. The highest BCUT2D eigenvalue weighted by molar-refractivity contribution is 9.10. The molecule has 2 rings (SSSR count). The predicted molar refractivity (Wildman–Crippen MR) is 78.6 cm³/mol. The van der Waals surface area contributed by atoms with Gasteiger partial charge in [0.15, 0.2) is 0 Å². The van der Waals surface area contributed by atoms with Crippen molar-refractivity contribution in [3.8, 4) is 6.07 Å². The summed E-state index contributed by atoms with van der Waals surface area (Å²) < 4.78 is 0.706. The van der Waals surface area contributed by atoms with Crippen molar-refractivity contribution in [1.82, 2.24) is 9.97 Å². The van der Waals surface area contributed by atoms with Crippen LogP contribution in [-0.2, 0) is 0 Å². The molecule has 1 heterocycles. The van der Waals surface area contributed by atoms with Gasteiger partial charge < -0.3 is 10.7 Å². The van der Waals surface area contributed by atoms with Gasteiger partial charge in [0.05, 0.1) is 16.2 Å². The fourth-order valence-electron chi connectivity index (χ4n) is 1.59. The number of nitriles is 1. The molecule has 1 aromatic carbocycles. The Hall–Kier alpha value is -2.77. The van der Waals surface area contributed by atoms with Crippen LogP contribution >= 0.6 is 15.9 Å². The molecule has 0 fully saturated rings. The minimum Gasteiger partial charge on any atom is -0.333 e. The van der Waals surface area contributed by atoms with Crippen molar-refractivity contribution >= 4 is 38.9 Å². The first-order valence-electron chi connectivity index (χ1n) is 5.49. The van der Waals surface area contributed by atoms with Crippen molar-refractivity contribution in [2.24, 2.45) is 5.84 Å². The van der Waals surface area contributed by atoms with Gasteiger partial charge in [-0.25, -0.2) is 15.8 Å². The van der Waals surface area contributed by atoms with E-state index < -0.39 is 10.6 Å². The molecule has 2 aromatic rings. The molecule has 0 saturated heterocycles. The molecule has 0 amide bonds. The quantitative estimate of drug-likeness (QED) is 0.432. The van der Waals surface area contributed by atoms with Crippen molar-refractivity contribution in [3.05, 3.63) is 44.7 Å². The molecule has 0 unspecified atom stereocenters. The van der Waals surface area contributed by atoms with Crippen LogP contribution in [0, 0.1) is 21.4 Å². The monoisotopic (exact) mass is 349 g/mol. The molecule has 0 aliphatic rings. The smallest absolute Gasteiger partial charge is 0.333 e. The average Bonchev–Trinajstić information content (AvgIpc) is 2.47. The number of hydrogen-bond donors (Lipinski definition) is 3. The van der Waals surface area contributed by atoms with Crippen LogP contribution in [0.25, 0.3) is 0 Å². The van der Waals surface area contributed by atoms with Gasteiger partial charge in [-0.15, -0.1) is 0 Å². The van der Waals surface area contributed by atoms with E-state index >= 15 is 0 Å². The second-order valence-electron chi connectivity index (χ2n) is 3.75. The Bertz CT molecular complexity index is 744. The number of hydrogen-bond acceptors (Lipinski definition) is 8. The van der Waals surface area contributed by atoms with Gasteiger partial charge in [-0.3, -0.25) is 10.1 Å². The molecular formula is C11H8BrN7O2. The van der Waals surface area contributed by atoms with Crippen LogP contribution < -0.4 is 16.6 Å². The molecule has 0 spiro atoms. The van der Waals surface area contributed by atoms with E-state index in [0.717, 1.165) is 6.33 Å². The van der Waals surface area contributed by atoms with Gasteiger partial charge in [0.25, 0.3) is 0 Å². The van der Waals surface area contributed by atoms with Crippen LogP contribution in [0.3, 0.4) is 0 Å². The van der Waals surface area contributed by atoms with E-state index in [9.17, 15) is 10.1 Å². The topological polar surface area (TPSA) is 143 Å². The first-order valence-corrected chi connectivity index (χ1v) is 6.28. The lowest BCUT2D eigenvalue weighted by molar-refractivity contribution is -0.383. The van der Waals surface area contributed by atoms with Crippen molar-refractivity contribution in [3.63, 3.8) is 0 Å². The fraction of sp³-hybridized carbons (Fsp3) is 0. The Kier molecular flexibility index (Phi) is 4.27. The summed E-state index contributed by atoms with van der Waals surface area (Å²) in [7, 11) is 0. The normalized spacial score (nSPS) is 9.76. The zero-order chi connectivity index (χ0) is 15.4. The fourth-order valence-corrected chi connectivity index (χ4v) is 1.95. The molecule has 0 aliphatic carbocycles. The van der Waals surface area contributed by atoms with Crippen molar-refractivity contribution in [2.45, 2.75) is 0 Å². The number of nitrogen functional groups attached to an aromatic ring is 1. The largest absolute Gasteiger partial charge is 0.354 e. The molecule has 10 heteroatoms. The lowest BCUT2D eigenvalue weighted by Crippen LogP contribution is -2.13. The summed E-state index contributed by atoms with van der Waals surface area (Å²) >= 11 is 3.27. The molecule has 0 radical (unpaired) electrons. The number of rotatable bonds is 4. The maximum atomic E-state index is 11.1. The second-order valence-corrected chi connectivity index (χ2v) is 4.66. The molecule has 0 aliphatic heterocycles. The molecule has 9 nitrogen and oxygen atoms in total. The summed E-state index contributed by atoms with van der Waals surface area (Å²) in [5.74, 6) is 4.99. The lowest BCUT2D eigenvalue weighted by Gasteiger charge is -2.09. The molecule has 0 bridgehead atoms. The number of anilines is 3. The van der Waals surface area contributed by atoms with Gasteiger partial charge in [0.2, 0.25) is 11.6 Å². The van der Waals surface area contributed by atoms with Crippen LogP contribution in [0.15, 0.2) is 29.0 Å². The molecular weight excluding hydrogens is 342 g/mol. The minimum absolute atomic E-state index is 0.0717. The maximum absolute atomic E-state index is 11.1. The van der Waals surface area contributed by atoms with E-state index in [1.807, 2.05) is 6.07 Å². The number of nitro groups is 1. The number of nitrogens with two attached hydrogens (primary N) is 1. The van der Waals surface area contributed by atoms with Gasteiger partial charge in [0.1, 0.15) is 12.4 Å². The minimum atomic E-state index is -0.665. The van der Waals surface area contributed by atoms with Gasteiger partial charge in [-0.2, -0.15) is 5.26 Å². The van der Waals surface area contributed by atoms with E-state index in [0.29, 0.717) is 15.7 Å². The summed E-state index contributed by atoms with van der Waals surface area (Å²) in [5.41, 5.74) is 2.41. The summed E-state index contributed by atoms with van der Waals surface area (Å²) in [5, 5.41) is 22.9. The van der Waals surface area contributed by atoms with Gasteiger partial charge in [-0.1, -0.05) is 15.9 Å². The Morgan fingerprint density at radius 3 is 2.71 bits per heavy atom. The molecule has 4 N–H and O–H groups in total. The third-order valence-corrected chi connectivity index (χ3v) is 2.99. The molecule has 106 valence electrons. The Labute approximate surface area is 127 Å². The Morgan fingerprint density at radius 2 is 2.10 bits per heavy atom. The van der Waals surface area contributed by atoms with Crippen molar-refractivity contribution in [2.75, 3.05) is 10.7 Å². The van der Waals surface area contributed by atoms with Crippen LogP contribution in [0.1, 0.15) is 5.56 Å². The second kappa shape index (κ2) is 6.12. The zero-order valence-corrected chi connectivity index (χ0v) is 12.0. The number of halogens is 1. The summed E-state index contributed by atoms with van der Waals surface area (Å²) in [6.45, 7) is 0. The van der Waals surface area contributed by atoms with E-state index in [1.54, 1.807) is 18.2 Å². The zero-order valence-electron chi connectivity index (χ0n) is 10.4. The van der Waals surface area contributed by atoms with E-state index in [-0.39, 0.29) is 11.6 Å². The highest BCUT2D eigenvalue weighted by Gasteiger charge is 2.23. The standard InChI is InChI=1S/C11H8BrN7O2/c12-7-2-1-6(4-13)8(3-7)17-10-9(19(20)21)11(18-14)16-5-15-10/h1-3,5H,14H2,(H2,15,16,17,18). The summed E-state index contributed by atoms with van der Waals surface area (Å²) in [6, 6.07) is 6.85. The van der Waals surface area contributed by atoms with E-state index in [1.165, 1.54) is 0 Å². The van der Waals surface area contributed by atoms with Gasteiger partial charge in [0, 0.05) is 4.47 Å². The predicted octanol–water partition coefficient (Wildman–Crippen LogP) is 2.05. The van der Waals surface area contributed by atoms with Crippen molar-refractivity contribution < 1.29 is 4.92 Å². The number of nitrogens with zero attached hydrogens (tertiary/aromatic N) is 4. The number of benzene rings is 1. The van der Waals surface area contributed by atoms with Gasteiger partial charge in [-0.05, 0) is 18.2 Å². The first kappa shape index (κ1) is 14.6. The van der Waals surface area contributed by atoms with Crippen LogP contribution in [0.4, 0.5) is 23.0 Å². The van der Waals surface area contributed by atoms with Crippen LogP contribution in [0.5, 0.6) is 0 Å². The third kappa shape index (κ3) is 3.04. The highest BCUT2D eigenvalue weighted by atomic mass is 79.9. The van der Waals surface area contributed by atoms with Gasteiger partial charge >= 0.3 is 5.69 Å². The Balaban J connectivity index is 2.52. The van der Waals surface area contributed by atoms with Crippen molar-refractivity contribution in [1.29, 1.82) is 5.26 Å². The molecule has 1 aromatic heterocycles. The van der Waals surface area contributed by atoms with Crippen LogP contribution in [0.2, 0.25) is 0 Å². The third-order valence-electron chi connectivity index (χ3n) is 2.50. The molecule has 21 heavy (non-hydrogen) atoms. The average molecular weight is 350 g/mol. The molecule has 0 atom stereocenters. The lowest BCUT2D eigenvalue weighted by atomic mass is 10.2. The van der Waals surface area contributed by atoms with E-state index in [2.05, 4.69) is 36.6 Å². The first-order chi connectivity index (χ1) is 10.1. The number of hydrazine groups is 1. The summed E-state index contributed by atoms with van der Waals surface area (Å²) in [4.78, 5) is 18.0. The highest BCUT2D eigenvalue weighted by Crippen LogP contribution is 2.32. The maximum Gasteiger partial charge on any atom is 0.354 e. The Morgan fingerprint density at radius 1 is 1.38 bits per heavy atom. The molecule has 0 saturated carbocycles. The number of aromatic nitrogens is 2. The number of nitrogens with one attached hydrogen (secondary N) is 2. The summed E-state index contributed by atoms with van der Waals surface area (Å²) in [6.07, 6.45) is 1.12.